The van der Waals surface area contributed by atoms with Gasteiger partial charge in [0.2, 0.25) is 0 Å². The summed E-state index contributed by atoms with van der Waals surface area (Å²) >= 11 is 11.0. The Balaban J connectivity index is 2.12. The van der Waals surface area contributed by atoms with Gasteiger partial charge in [0.05, 0.1) is 10.7 Å². The van der Waals surface area contributed by atoms with Crippen molar-refractivity contribution in [2.45, 2.75) is 13.5 Å². The van der Waals surface area contributed by atoms with Crippen LogP contribution in [-0.4, -0.2) is 0 Å². The quantitative estimate of drug-likeness (QED) is 0.811. The third-order valence-electron chi connectivity index (χ3n) is 2.31. The van der Waals surface area contributed by atoms with E-state index in [0.717, 1.165) is 9.35 Å². The molecule has 0 aliphatic rings. The van der Waals surface area contributed by atoms with Crippen LogP contribution < -0.4 is 5.32 Å². The maximum absolute atomic E-state index is 13.5. The van der Waals surface area contributed by atoms with Crippen LogP contribution in [0.2, 0.25) is 5.02 Å². The van der Waals surface area contributed by atoms with Crippen molar-refractivity contribution < 1.29 is 4.39 Å². The normalized spacial score (nSPS) is 10.6. The van der Waals surface area contributed by atoms with E-state index in [2.05, 4.69) is 21.2 Å². The van der Waals surface area contributed by atoms with E-state index in [9.17, 15) is 4.39 Å². The molecule has 0 radical (unpaired) electrons. The van der Waals surface area contributed by atoms with E-state index in [1.165, 1.54) is 10.9 Å². The molecule has 0 saturated heterocycles. The molecule has 17 heavy (non-hydrogen) atoms. The Bertz CT molecular complexity index is 502. The fourth-order valence-corrected chi connectivity index (χ4v) is 3.22. The first-order valence-corrected chi connectivity index (χ1v) is 6.99. The van der Waals surface area contributed by atoms with Crippen molar-refractivity contribution in [2.24, 2.45) is 0 Å². The topological polar surface area (TPSA) is 12.0 Å². The van der Waals surface area contributed by atoms with Gasteiger partial charge in [-0.25, -0.2) is 4.39 Å². The Labute approximate surface area is 117 Å². The summed E-state index contributed by atoms with van der Waals surface area (Å²) in [5.41, 5.74) is 0.358. The van der Waals surface area contributed by atoms with Crippen molar-refractivity contribution in [2.75, 3.05) is 5.32 Å². The zero-order valence-corrected chi connectivity index (χ0v) is 12.2. The highest BCUT2D eigenvalue weighted by Gasteiger charge is 2.07. The van der Waals surface area contributed by atoms with Crippen molar-refractivity contribution in [3.05, 3.63) is 49.3 Å². The number of benzene rings is 1. The number of nitrogens with one attached hydrogen (secondary N) is 1. The molecule has 0 aliphatic carbocycles. The Morgan fingerprint density at radius 1 is 1.47 bits per heavy atom. The highest BCUT2D eigenvalue weighted by Crippen LogP contribution is 2.29. The second-order valence-corrected chi connectivity index (χ2v) is 6.17. The minimum Gasteiger partial charge on any atom is -0.377 e. The van der Waals surface area contributed by atoms with Gasteiger partial charge in [-0.15, -0.1) is 11.3 Å². The van der Waals surface area contributed by atoms with E-state index in [1.54, 1.807) is 23.5 Å². The molecular weight excluding hydrogens is 325 g/mol. The molecular formula is C12H10BrClFNS. The van der Waals surface area contributed by atoms with Crippen LogP contribution in [0.3, 0.4) is 0 Å². The van der Waals surface area contributed by atoms with E-state index < -0.39 is 0 Å². The second kappa shape index (κ2) is 5.38. The predicted molar refractivity (Wildman–Crippen MR) is 75.5 cm³/mol. The van der Waals surface area contributed by atoms with Crippen LogP contribution in [0.25, 0.3) is 0 Å². The molecule has 0 atom stereocenters. The standard InChI is InChI=1S/C12H10BrClFNS/c1-7-9(13)5-8(17-7)6-16-12-10(14)3-2-4-11(12)15/h2-5,16H,6H2,1H3. The molecule has 1 nitrogen and oxygen atoms in total. The van der Waals surface area contributed by atoms with Crippen molar-refractivity contribution in [3.63, 3.8) is 0 Å². The van der Waals surface area contributed by atoms with Gasteiger partial charge in [0.1, 0.15) is 5.82 Å². The summed E-state index contributed by atoms with van der Waals surface area (Å²) < 4.78 is 14.6. The molecule has 0 amide bonds. The van der Waals surface area contributed by atoms with Crippen molar-refractivity contribution in [3.8, 4) is 0 Å². The lowest BCUT2D eigenvalue weighted by molar-refractivity contribution is 0.630. The largest absolute Gasteiger partial charge is 0.377 e. The Morgan fingerprint density at radius 2 is 2.24 bits per heavy atom. The molecule has 1 N–H and O–H groups in total. The third-order valence-corrected chi connectivity index (χ3v) is 4.76. The van der Waals surface area contributed by atoms with E-state index in [-0.39, 0.29) is 5.82 Å². The highest BCUT2D eigenvalue weighted by molar-refractivity contribution is 9.10. The average molecular weight is 335 g/mol. The van der Waals surface area contributed by atoms with Gasteiger partial charge >= 0.3 is 0 Å². The van der Waals surface area contributed by atoms with Gasteiger partial charge < -0.3 is 5.32 Å². The number of aryl methyl sites for hydroxylation is 1. The van der Waals surface area contributed by atoms with Crippen molar-refractivity contribution in [1.82, 2.24) is 0 Å². The number of hydrogen-bond donors (Lipinski definition) is 1. The third kappa shape index (κ3) is 3.00. The van der Waals surface area contributed by atoms with E-state index in [1.807, 2.05) is 13.0 Å². The lowest BCUT2D eigenvalue weighted by Gasteiger charge is -2.07. The Hall–Kier alpha value is -0.580. The van der Waals surface area contributed by atoms with Crippen LogP contribution in [0, 0.1) is 12.7 Å². The monoisotopic (exact) mass is 333 g/mol. The van der Waals surface area contributed by atoms with Crippen LogP contribution in [0.15, 0.2) is 28.7 Å². The summed E-state index contributed by atoms with van der Waals surface area (Å²) in [6, 6.07) is 6.68. The fraction of sp³-hybridized carbons (Fsp3) is 0.167. The smallest absolute Gasteiger partial charge is 0.147 e. The van der Waals surface area contributed by atoms with Crippen molar-refractivity contribution >= 4 is 44.6 Å². The first-order valence-electron chi connectivity index (χ1n) is 5.00. The highest BCUT2D eigenvalue weighted by atomic mass is 79.9. The average Bonchev–Trinajstić information content (AvgIpc) is 2.58. The first-order chi connectivity index (χ1) is 8.08. The van der Waals surface area contributed by atoms with Crippen LogP contribution in [0.4, 0.5) is 10.1 Å². The zero-order valence-electron chi connectivity index (χ0n) is 9.06. The summed E-state index contributed by atoms with van der Waals surface area (Å²) in [6.07, 6.45) is 0. The number of hydrogen-bond acceptors (Lipinski definition) is 2. The molecule has 0 aliphatic heterocycles. The van der Waals surface area contributed by atoms with Crippen LogP contribution in [0.1, 0.15) is 9.75 Å². The minimum atomic E-state index is -0.329. The molecule has 0 spiro atoms. The van der Waals surface area contributed by atoms with Gasteiger partial charge in [0.15, 0.2) is 0 Å². The van der Waals surface area contributed by atoms with Gasteiger partial charge in [0.25, 0.3) is 0 Å². The molecule has 2 rings (SSSR count). The number of thiophene rings is 1. The summed E-state index contributed by atoms with van der Waals surface area (Å²) in [5.74, 6) is -0.329. The lowest BCUT2D eigenvalue weighted by Crippen LogP contribution is -2.00. The van der Waals surface area contributed by atoms with Crippen LogP contribution in [0.5, 0.6) is 0 Å². The predicted octanol–water partition coefficient (Wildman–Crippen LogP) is 5.22. The van der Waals surface area contributed by atoms with E-state index in [4.69, 9.17) is 11.6 Å². The Morgan fingerprint density at radius 3 is 2.82 bits per heavy atom. The van der Waals surface area contributed by atoms with E-state index >= 15 is 0 Å². The molecule has 0 fully saturated rings. The van der Waals surface area contributed by atoms with Crippen LogP contribution >= 0.6 is 38.9 Å². The van der Waals surface area contributed by atoms with Gasteiger partial charge in [-0.2, -0.15) is 0 Å². The molecule has 1 heterocycles. The number of rotatable bonds is 3. The number of halogens is 3. The number of para-hydroxylation sites is 1. The summed E-state index contributed by atoms with van der Waals surface area (Å²) in [4.78, 5) is 2.34. The SMILES string of the molecule is Cc1sc(CNc2c(F)cccc2Cl)cc1Br. The molecule has 90 valence electrons. The summed E-state index contributed by atoms with van der Waals surface area (Å²) in [5, 5.41) is 3.42. The molecule has 1 aromatic heterocycles. The van der Waals surface area contributed by atoms with E-state index in [0.29, 0.717) is 17.3 Å². The molecule has 5 heteroatoms. The molecule has 0 saturated carbocycles. The first kappa shape index (κ1) is 12.9. The van der Waals surface area contributed by atoms with Crippen molar-refractivity contribution in [1.29, 1.82) is 0 Å². The maximum Gasteiger partial charge on any atom is 0.147 e. The lowest BCUT2D eigenvalue weighted by atomic mass is 10.3. The Kier molecular flexibility index (Phi) is 4.07. The second-order valence-electron chi connectivity index (χ2n) is 3.57. The fourth-order valence-electron chi connectivity index (χ4n) is 1.45. The molecule has 1 aromatic carbocycles. The molecule has 0 bridgehead atoms. The van der Waals surface area contributed by atoms with Gasteiger partial charge in [-0.3, -0.25) is 0 Å². The molecule has 0 unspecified atom stereocenters. The minimum absolute atomic E-state index is 0.329. The summed E-state index contributed by atoms with van der Waals surface area (Å²) in [7, 11) is 0. The maximum atomic E-state index is 13.5. The zero-order chi connectivity index (χ0) is 12.4. The van der Waals surface area contributed by atoms with Crippen LogP contribution in [-0.2, 0) is 6.54 Å². The van der Waals surface area contributed by atoms with Gasteiger partial charge in [0, 0.05) is 20.8 Å². The van der Waals surface area contributed by atoms with Gasteiger partial charge in [-0.05, 0) is 41.1 Å². The van der Waals surface area contributed by atoms with Gasteiger partial charge in [-0.1, -0.05) is 17.7 Å². The molecule has 2 aromatic rings. The summed E-state index contributed by atoms with van der Waals surface area (Å²) in [6.45, 7) is 2.60. The number of anilines is 1.